The summed E-state index contributed by atoms with van der Waals surface area (Å²) in [6.45, 7) is 6.35. The number of hydrogen-bond donors (Lipinski definition) is 11. The van der Waals surface area contributed by atoms with Crippen LogP contribution in [0.25, 0.3) is 110 Å². The zero-order valence-corrected chi connectivity index (χ0v) is 84.6. The van der Waals surface area contributed by atoms with Crippen LogP contribution >= 0.6 is 34.0 Å². The highest BCUT2D eigenvalue weighted by Crippen LogP contribution is 2.44. The Balaban J connectivity index is 0.000000133. The molecule has 11 N–H and O–H groups in total. The number of thiophene rings is 2. The van der Waals surface area contributed by atoms with E-state index >= 15 is 0 Å². The number of methoxy groups -OCH3 is 1. The van der Waals surface area contributed by atoms with Crippen LogP contribution in [0.3, 0.4) is 0 Å². The molecule has 11 aromatic carbocycles. The maximum atomic E-state index is 13.6. The van der Waals surface area contributed by atoms with Crippen LogP contribution in [0.5, 0.6) is 17.2 Å². The lowest BCUT2D eigenvalue weighted by atomic mass is 10.1. The third-order valence-electron chi connectivity index (χ3n) is 21.9. The van der Waals surface area contributed by atoms with E-state index in [1.807, 2.05) is 52.6 Å². The van der Waals surface area contributed by atoms with Gasteiger partial charge in [0.15, 0.2) is 20.8 Å². The normalized spacial score (nSPS) is 12.5. The van der Waals surface area contributed by atoms with Gasteiger partial charge in [-0.05, 0) is 226 Å². The number of sulfonamides is 4. The number of thiazole rings is 1. The van der Waals surface area contributed by atoms with Crippen LogP contribution in [0.1, 0.15) is 43.2 Å². The number of aromatic amines is 5. The van der Waals surface area contributed by atoms with E-state index in [4.69, 9.17) is 14.2 Å². The molecule has 0 radical (unpaired) electrons. The Bertz CT molecular complexity index is 8950. The molecule has 0 fully saturated rings. The van der Waals surface area contributed by atoms with Gasteiger partial charge in [-0.3, -0.25) is 53.9 Å². The van der Waals surface area contributed by atoms with Gasteiger partial charge in [0.25, 0.3) is 30.1 Å². The second-order valence-corrected chi connectivity index (χ2v) is 47.1. The van der Waals surface area contributed by atoms with Crippen molar-refractivity contribution in [2.24, 2.45) is 0 Å². The van der Waals surface area contributed by atoms with Crippen LogP contribution in [-0.2, 0) is 83.5 Å². The molecule has 768 valence electrons. The zero-order valence-electron chi connectivity index (χ0n) is 77.2. The van der Waals surface area contributed by atoms with Crippen LogP contribution in [-0.4, -0.2) is 150 Å². The minimum Gasteiger partial charge on any atom is -0.497 e. The number of fused-ring (bicyclic) bond motifs is 6. The number of aromatic nitrogens is 11. The summed E-state index contributed by atoms with van der Waals surface area (Å²) in [6.07, 6.45) is -14.8. The summed E-state index contributed by atoms with van der Waals surface area (Å²) >= 11 is 3.10. The van der Waals surface area contributed by atoms with E-state index in [0.29, 0.717) is 107 Å². The van der Waals surface area contributed by atoms with E-state index < -0.39 is 111 Å². The van der Waals surface area contributed by atoms with Crippen molar-refractivity contribution >= 4 is 188 Å². The topological polar surface area (TPSA) is 481 Å². The van der Waals surface area contributed by atoms with E-state index in [9.17, 15) is 99.2 Å². The third kappa shape index (κ3) is 24.0. The van der Waals surface area contributed by atoms with Crippen LogP contribution in [0.2, 0.25) is 0 Å². The first-order valence-electron chi connectivity index (χ1n) is 43.0. The Morgan fingerprint density at radius 2 is 0.878 bits per heavy atom. The van der Waals surface area contributed by atoms with Crippen molar-refractivity contribution in [3.8, 4) is 72.8 Å². The Hall–Kier alpha value is -15.4. The number of ether oxygens (including phenoxy) is 3. The third-order valence-corrected chi connectivity index (χ3v) is 35.1. The molecule has 53 heteroatoms. The fraction of sp³-hybridized carbons (Fsp3) is 0.126. The van der Waals surface area contributed by atoms with Crippen molar-refractivity contribution in [2.75, 3.05) is 56.9 Å². The molecule has 20 rings (SSSR count). The van der Waals surface area contributed by atoms with Crippen molar-refractivity contribution in [3.05, 3.63) is 288 Å². The Kier molecular flexibility index (Phi) is 29.8. The van der Waals surface area contributed by atoms with Crippen molar-refractivity contribution in [1.82, 2.24) is 60.3 Å². The summed E-state index contributed by atoms with van der Waals surface area (Å²) in [4.78, 5) is 14.9. The highest BCUT2D eigenvalue weighted by molar-refractivity contribution is 7.95. The van der Waals surface area contributed by atoms with Gasteiger partial charge >= 0.3 is 28.7 Å². The number of nitrogens with zero attached hydrogens (tertiary/aromatic N) is 7. The molecule has 0 saturated heterocycles. The van der Waals surface area contributed by atoms with Crippen LogP contribution in [0.15, 0.2) is 283 Å². The summed E-state index contributed by atoms with van der Waals surface area (Å²) < 4.78 is 310. The van der Waals surface area contributed by atoms with Gasteiger partial charge in [-0.15, -0.1) is 22.7 Å². The average molecular weight is 2210 g/mol. The smallest absolute Gasteiger partial charge is 0.416 e. The van der Waals surface area contributed by atoms with Gasteiger partial charge < -0.3 is 19.5 Å². The number of aryl methyl sites for hydroxylation is 1. The molecule has 19 aromatic rings. The number of alkyl halides is 9. The quantitative estimate of drug-likeness (QED) is 0.0250. The van der Waals surface area contributed by atoms with E-state index in [0.717, 1.165) is 82.6 Å². The maximum absolute atomic E-state index is 13.6. The first kappa shape index (κ1) is 105. The summed E-state index contributed by atoms with van der Waals surface area (Å²) in [5.41, 5.74) is 6.53. The molecule has 0 atom stereocenters. The fourth-order valence-electron chi connectivity index (χ4n) is 14.5. The van der Waals surface area contributed by atoms with Crippen molar-refractivity contribution in [2.45, 2.75) is 74.6 Å². The van der Waals surface area contributed by atoms with Gasteiger partial charge in [0.1, 0.15) is 32.9 Å². The SMILES string of the molecule is CC(=O)Nc1nc(C)c(S(=O)(=O)Nc2ccc3[nH]nc(-c4cccc(F)c4)c3c2)s1.CC(C)S(=O)(=O)Nc1ccc2[nH]nc(-c3ccc4c(c3)OCO4)c2c1.CN(C)S(=O)(=O)Nc1ccc2[nH]nc(-c3ccc(C(F)(F)F)cc3)c2c1.COc1ccc(-c2n[nH]c3ccc(NS(=O)(=O)c4cc(S(=O)(=O)c5ccccc5)cs4)cc23)cc1.O=S(=O)(Nc1ccc2[nH]nc(-c3cccs3)c2c1)c1cc(C(F)(F)F)cc(C(F)(F)F)c1. The largest absolute Gasteiger partial charge is 0.497 e. The van der Waals surface area contributed by atoms with E-state index in [1.54, 1.807) is 143 Å². The minimum atomic E-state index is -5.17. The number of carbonyl (C=O) groups excluding carboxylic acids is 1. The molecule has 1 aliphatic heterocycles. The van der Waals surface area contributed by atoms with Gasteiger partial charge in [0.2, 0.25) is 32.6 Å². The van der Waals surface area contributed by atoms with E-state index in [1.165, 1.54) is 98.4 Å². The van der Waals surface area contributed by atoms with Crippen LogP contribution in [0.4, 0.5) is 77.5 Å². The molecule has 8 aromatic heterocycles. The number of carbonyl (C=O) groups is 1. The molecular formula is C95H78F10N18O16S9. The fourth-order valence-corrected chi connectivity index (χ4v) is 24.1. The molecule has 9 heterocycles. The summed E-state index contributed by atoms with van der Waals surface area (Å²) in [5, 5.41) is 44.2. The van der Waals surface area contributed by atoms with Gasteiger partial charge in [0, 0.05) is 98.3 Å². The highest BCUT2D eigenvalue weighted by Gasteiger charge is 2.40. The van der Waals surface area contributed by atoms with Gasteiger partial charge in [-0.1, -0.05) is 59.9 Å². The van der Waals surface area contributed by atoms with Gasteiger partial charge in [-0.25, -0.2) is 51.5 Å². The van der Waals surface area contributed by atoms with E-state index in [-0.39, 0.29) is 65.6 Å². The molecular weight excluding hydrogens is 2130 g/mol. The lowest BCUT2D eigenvalue weighted by Crippen LogP contribution is -2.28. The number of hydrogen-bond acceptors (Lipinski definition) is 25. The summed E-state index contributed by atoms with van der Waals surface area (Å²) in [7, 11) is -19.2. The number of benzene rings is 11. The van der Waals surface area contributed by atoms with Crippen molar-refractivity contribution < 1.29 is 113 Å². The molecule has 0 bridgehead atoms. The summed E-state index contributed by atoms with van der Waals surface area (Å²) in [6, 6.07) is 60.6. The van der Waals surface area contributed by atoms with E-state index in [2.05, 4.69) is 80.2 Å². The number of rotatable bonds is 24. The minimum absolute atomic E-state index is 0.00361. The van der Waals surface area contributed by atoms with Crippen molar-refractivity contribution in [1.29, 1.82) is 0 Å². The average Bonchev–Trinajstić information content (AvgIpc) is 0.873. The number of anilines is 6. The lowest BCUT2D eigenvalue weighted by Gasteiger charge is -2.15. The van der Waals surface area contributed by atoms with Crippen LogP contribution in [0, 0.1) is 12.7 Å². The molecule has 0 unspecified atom stereocenters. The number of halogens is 10. The molecule has 0 aliphatic carbocycles. The monoisotopic (exact) mass is 2200 g/mol. The molecule has 0 saturated carbocycles. The number of amides is 1. The first-order chi connectivity index (χ1) is 69.9. The highest BCUT2D eigenvalue weighted by atomic mass is 32.3. The number of sulfone groups is 1. The number of nitrogens with one attached hydrogen (secondary N) is 11. The zero-order chi connectivity index (χ0) is 106. The number of H-pyrrole nitrogens is 5. The maximum Gasteiger partial charge on any atom is 0.416 e. The molecule has 148 heavy (non-hydrogen) atoms. The standard InChI is InChI=1S/C24H19N3O5S3.C19H11F6N3O2S2.C19H16FN5O3S2.C17H17N3O4S.C16H15F3N4O2S/c1-32-18-10-7-16(8-11-18)24-21-13-17(9-12-22(21)25-26-24)27-35(30,31)23-14-20(15-33-23)34(28,29)19-5-3-2-4-6-19;20-18(21,22)10-6-11(19(23,24)25)8-13(7-10)32(29,30)28-12-3-4-15-14(9-12)17(27-26-15)16-2-1-5-31-16;1-10-18(29-19(21-10)22-11(2)26)30(27,28)25-14-6-7-16-15(9-14)17(24-23-16)12-4-3-5-13(20)8-12;1-10(2)25(21,22)20-12-4-5-14-13(8-12)17(19-18-14)11-3-6-15-16(7-11)24-9-23-15;1-23(2)26(24,25)22-12-7-8-14-13(9-12)15(21-20-14)10-3-5-11(6-4-10)16(17,18)19/h2-15,27H,1H3,(H,25,26);1-9,28H,(H,26,27);3-9,25H,1-2H3,(H,23,24)(H,21,22,26);3-8,10,20H,9H2,1-2H3,(H,18,19);3-9,22H,1-2H3,(H,20,21). The molecule has 1 aliphatic rings. The molecule has 34 nitrogen and oxygen atoms in total. The summed E-state index contributed by atoms with van der Waals surface area (Å²) in [5.74, 6) is 1.36. The van der Waals surface area contributed by atoms with Crippen LogP contribution < -0.4 is 43.1 Å². The first-order valence-corrected chi connectivity index (χ1v) is 54.5. The van der Waals surface area contributed by atoms with Gasteiger partial charge in [0.05, 0.1) is 99.0 Å². The second-order valence-electron chi connectivity index (χ2n) is 32.7. The van der Waals surface area contributed by atoms with Crippen molar-refractivity contribution in [3.63, 3.8) is 0 Å². The Morgan fingerprint density at radius 3 is 1.34 bits per heavy atom. The Morgan fingerprint density at radius 1 is 0.432 bits per heavy atom. The van der Waals surface area contributed by atoms with Gasteiger partial charge in [-0.2, -0.15) is 77.7 Å². The molecule has 1 amide bonds. The predicted octanol–water partition coefficient (Wildman–Crippen LogP) is 21.5. The second kappa shape index (κ2) is 41.9. The molecule has 0 spiro atoms. The lowest BCUT2D eigenvalue weighted by molar-refractivity contribution is -0.143. The predicted molar refractivity (Wildman–Crippen MR) is 543 cm³/mol. The Labute approximate surface area is 847 Å².